The van der Waals surface area contributed by atoms with Crippen LogP contribution in [0.4, 0.5) is 26.7 Å². The highest BCUT2D eigenvalue weighted by molar-refractivity contribution is 6.35. The summed E-state index contributed by atoms with van der Waals surface area (Å²) in [6.07, 6.45) is 0. The zero-order chi connectivity index (χ0) is 25.2. The van der Waals surface area contributed by atoms with E-state index >= 15 is 0 Å². The summed E-state index contributed by atoms with van der Waals surface area (Å²) >= 11 is 18.1. The van der Waals surface area contributed by atoms with Crippen molar-refractivity contribution in [1.29, 1.82) is 0 Å². The summed E-state index contributed by atoms with van der Waals surface area (Å²) in [5, 5.41) is 4.29. The lowest BCUT2D eigenvalue weighted by Gasteiger charge is -2.32. The Morgan fingerprint density at radius 2 is 1.37 bits per heavy atom. The molecule has 1 fully saturated rings. The quantitative estimate of drug-likeness (QED) is 0.380. The predicted molar refractivity (Wildman–Crippen MR) is 141 cm³/mol. The Labute approximate surface area is 217 Å². The van der Waals surface area contributed by atoms with Crippen molar-refractivity contribution in [2.24, 2.45) is 4.99 Å². The van der Waals surface area contributed by atoms with Gasteiger partial charge in [-0.1, -0.05) is 34.8 Å². The SMILES string of the molecule is COCC1(C)/C(=N/C(=O)Nc2ccc(Cl)cc2)N(c2ccc(Cl)cc2)C(=O)N1c1ccc(Cl)cc1. The molecular formula is C25H21Cl3N4O3. The molecule has 180 valence electrons. The number of nitrogens with zero attached hydrogens (tertiary/aromatic N) is 3. The van der Waals surface area contributed by atoms with Crippen molar-refractivity contribution in [1.82, 2.24) is 0 Å². The van der Waals surface area contributed by atoms with E-state index in [2.05, 4.69) is 10.3 Å². The minimum Gasteiger partial charge on any atom is -0.382 e. The average Bonchev–Trinajstić information content (AvgIpc) is 3.03. The van der Waals surface area contributed by atoms with Gasteiger partial charge in [0.1, 0.15) is 5.54 Å². The van der Waals surface area contributed by atoms with E-state index in [-0.39, 0.29) is 12.4 Å². The Morgan fingerprint density at radius 1 is 0.886 bits per heavy atom. The number of halogens is 3. The van der Waals surface area contributed by atoms with E-state index in [4.69, 9.17) is 39.5 Å². The predicted octanol–water partition coefficient (Wildman–Crippen LogP) is 7.13. The number of nitrogens with one attached hydrogen (secondary N) is 1. The molecule has 1 N–H and O–H groups in total. The van der Waals surface area contributed by atoms with E-state index in [1.165, 1.54) is 16.9 Å². The Balaban J connectivity index is 1.83. The first kappa shape index (κ1) is 25.0. The molecular weight excluding hydrogens is 511 g/mol. The molecule has 1 unspecified atom stereocenters. The van der Waals surface area contributed by atoms with Gasteiger partial charge in [-0.15, -0.1) is 0 Å². The van der Waals surface area contributed by atoms with Gasteiger partial charge >= 0.3 is 12.1 Å². The van der Waals surface area contributed by atoms with Crippen LogP contribution in [0.15, 0.2) is 77.8 Å². The van der Waals surface area contributed by atoms with E-state index in [1.807, 2.05) is 0 Å². The molecule has 1 saturated heterocycles. The monoisotopic (exact) mass is 530 g/mol. The number of hydrogen-bond acceptors (Lipinski definition) is 3. The number of rotatable bonds is 5. The number of hydrogen-bond donors (Lipinski definition) is 1. The zero-order valence-electron chi connectivity index (χ0n) is 18.8. The molecule has 0 aromatic heterocycles. The molecule has 0 radical (unpaired) electrons. The second-order valence-electron chi connectivity index (χ2n) is 7.99. The first-order valence-electron chi connectivity index (χ1n) is 10.5. The summed E-state index contributed by atoms with van der Waals surface area (Å²) in [5.74, 6) is 0.188. The van der Waals surface area contributed by atoms with Crippen LogP contribution in [0.2, 0.25) is 15.1 Å². The first-order valence-corrected chi connectivity index (χ1v) is 11.7. The Kier molecular flexibility index (Phi) is 7.33. The van der Waals surface area contributed by atoms with Gasteiger partial charge < -0.3 is 10.1 Å². The number of aliphatic imine (C=N–C) groups is 1. The van der Waals surface area contributed by atoms with E-state index in [0.29, 0.717) is 32.1 Å². The van der Waals surface area contributed by atoms with Crippen LogP contribution in [0.1, 0.15) is 6.92 Å². The minimum atomic E-state index is -1.13. The fourth-order valence-electron chi connectivity index (χ4n) is 3.91. The van der Waals surface area contributed by atoms with Gasteiger partial charge in [-0.2, -0.15) is 4.99 Å². The van der Waals surface area contributed by atoms with Crippen LogP contribution in [0, 0.1) is 0 Å². The van der Waals surface area contributed by atoms with Crippen molar-refractivity contribution >= 4 is 69.8 Å². The zero-order valence-corrected chi connectivity index (χ0v) is 21.1. The molecule has 0 saturated carbocycles. The molecule has 3 aromatic rings. The summed E-state index contributed by atoms with van der Waals surface area (Å²) in [4.78, 5) is 34.1. The normalized spacial score (nSPS) is 18.9. The average molecular weight is 532 g/mol. The molecule has 1 aliphatic heterocycles. The molecule has 1 aliphatic rings. The summed E-state index contributed by atoms with van der Waals surface area (Å²) < 4.78 is 5.50. The fraction of sp³-hybridized carbons (Fsp3) is 0.160. The van der Waals surface area contributed by atoms with Gasteiger partial charge in [-0.25, -0.2) is 14.5 Å². The van der Waals surface area contributed by atoms with Gasteiger partial charge in [-0.3, -0.25) is 4.90 Å². The highest BCUT2D eigenvalue weighted by Gasteiger charge is 2.54. The van der Waals surface area contributed by atoms with Crippen molar-refractivity contribution in [3.8, 4) is 0 Å². The van der Waals surface area contributed by atoms with Crippen LogP contribution >= 0.6 is 34.8 Å². The molecule has 3 aromatic carbocycles. The largest absolute Gasteiger partial charge is 0.382 e. The number of amides is 4. The molecule has 7 nitrogen and oxygen atoms in total. The van der Waals surface area contributed by atoms with Crippen LogP contribution in [0.5, 0.6) is 0 Å². The van der Waals surface area contributed by atoms with Gasteiger partial charge in [-0.05, 0) is 79.7 Å². The van der Waals surface area contributed by atoms with E-state index in [0.717, 1.165) is 0 Å². The Hall–Kier alpha value is -3.10. The number of carbonyl (C=O) groups excluding carboxylic acids is 2. The summed E-state index contributed by atoms with van der Waals surface area (Å²) in [6.45, 7) is 1.85. The number of amidine groups is 1. The Bertz CT molecular complexity index is 1260. The van der Waals surface area contributed by atoms with Crippen LogP contribution in [0.25, 0.3) is 0 Å². The van der Waals surface area contributed by atoms with Gasteiger partial charge in [0.2, 0.25) is 0 Å². The van der Waals surface area contributed by atoms with Crippen LogP contribution < -0.4 is 15.1 Å². The highest BCUT2D eigenvalue weighted by atomic mass is 35.5. The number of methoxy groups -OCH3 is 1. The number of urea groups is 2. The van der Waals surface area contributed by atoms with Crippen LogP contribution in [0.3, 0.4) is 0 Å². The molecule has 1 atom stereocenters. The molecule has 1 heterocycles. The standard InChI is InChI=1S/C25H21Cl3N4O3/c1-25(15-35-2)22(30-23(33)29-19-9-3-16(26)4-10-19)31(20-11-5-17(27)6-12-20)24(34)32(25)21-13-7-18(28)8-14-21/h3-14H,15H2,1-2H3,(H,29,33)/b30-22-. The van der Waals surface area contributed by atoms with Gasteiger partial charge in [0.15, 0.2) is 5.84 Å². The summed E-state index contributed by atoms with van der Waals surface area (Å²) in [5.41, 5.74) is 0.447. The molecule has 4 amide bonds. The smallest absolute Gasteiger partial charge is 0.347 e. The summed E-state index contributed by atoms with van der Waals surface area (Å²) in [6, 6.07) is 19.1. The van der Waals surface area contributed by atoms with Crippen molar-refractivity contribution in [3.63, 3.8) is 0 Å². The first-order chi connectivity index (χ1) is 16.7. The molecule has 0 bridgehead atoms. The summed E-state index contributed by atoms with van der Waals surface area (Å²) in [7, 11) is 1.52. The van der Waals surface area contributed by atoms with E-state index < -0.39 is 17.6 Å². The lowest BCUT2D eigenvalue weighted by molar-refractivity contribution is 0.167. The third-order valence-corrected chi connectivity index (χ3v) is 6.22. The van der Waals surface area contributed by atoms with Gasteiger partial charge in [0.25, 0.3) is 0 Å². The second kappa shape index (κ2) is 10.3. The fourth-order valence-corrected chi connectivity index (χ4v) is 4.29. The molecule has 10 heteroatoms. The van der Waals surface area contributed by atoms with E-state index in [1.54, 1.807) is 79.7 Å². The van der Waals surface area contributed by atoms with E-state index in [9.17, 15) is 9.59 Å². The highest BCUT2D eigenvalue weighted by Crippen LogP contribution is 2.38. The van der Waals surface area contributed by atoms with Crippen molar-refractivity contribution in [2.75, 3.05) is 28.8 Å². The maximum absolute atomic E-state index is 13.9. The molecule has 35 heavy (non-hydrogen) atoms. The molecule has 4 rings (SSSR count). The molecule has 0 spiro atoms. The lowest BCUT2D eigenvalue weighted by Crippen LogP contribution is -2.51. The minimum absolute atomic E-state index is 0.0680. The lowest BCUT2D eigenvalue weighted by atomic mass is 10.00. The third kappa shape index (κ3) is 5.13. The van der Waals surface area contributed by atoms with Crippen molar-refractivity contribution in [2.45, 2.75) is 12.5 Å². The maximum Gasteiger partial charge on any atom is 0.347 e. The van der Waals surface area contributed by atoms with Gasteiger partial charge in [0.05, 0.1) is 12.3 Å². The Morgan fingerprint density at radius 3 is 1.89 bits per heavy atom. The van der Waals surface area contributed by atoms with Crippen LogP contribution in [-0.2, 0) is 4.74 Å². The topological polar surface area (TPSA) is 74.2 Å². The molecule has 0 aliphatic carbocycles. The maximum atomic E-state index is 13.9. The van der Waals surface area contributed by atoms with Crippen molar-refractivity contribution in [3.05, 3.63) is 87.9 Å². The number of ether oxygens (including phenoxy) is 1. The number of anilines is 3. The third-order valence-electron chi connectivity index (χ3n) is 5.47. The number of benzene rings is 3. The second-order valence-corrected chi connectivity index (χ2v) is 9.29. The van der Waals surface area contributed by atoms with Gasteiger partial charge in [0, 0.05) is 33.6 Å². The van der Waals surface area contributed by atoms with Crippen LogP contribution in [-0.4, -0.2) is 37.2 Å². The van der Waals surface area contributed by atoms with Crippen molar-refractivity contribution < 1.29 is 14.3 Å². The number of carbonyl (C=O) groups is 2.